The number of amides is 2. The number of carbonyl (C=O) groups is 2. The van der Waals surface area contributed by atoms with Crippen molar-refractivity contribution in [2.45, 2.75) is 19.8 Å². The molecule has 1 heterocycles. The molecule has 1 saturated heterocycles. The van der Waals surface area contributed by atoms with Crippen LogP contribution in [0.1, 0.15) is 19.8 Å². The van der Waals surface area contributed by atoms with Gasteiger partial charge in [0.1, 0.15) is 0 Å². The van der Waals surface area contributed by atoms with Crippen molar-refractivity contribution in [3.8, 4) is 0 Å². The van der Waals surface area contributed by atoms with Gasteiger partial charge in [0.2, 0.25) is 11.8 Å². The fourth-order valence-electron chi connectivity index (χ4n) is 2.02. The van der Waals surface area contributed by atoms with Gasteiger partial charge in [-0.15, -0.1) is 0 Å². The lowest BCUT2D eigenvalue weighted by atomic mass is 10.3. The van der Waals surface area contributed by atoms with Gasteiger partial charge < -0.3 is 14.7 Å². The molecule has 1 aliphatic heterocycles. The van der Waals surface area contributed by atoms with Crippen LogP contribution in [0.3, 0.4) is 0 Å². The van der Waals surface area contributed by atoms with Gasteiger partial charge in [-0.2, -0.15) is 0 Å². The second-order valence-corrected chi connectivity index (χ2v) is 5.09. The van der Waals surface area contributed by atoms with Crippen molar-refractivity contribution in [1.82, 2.24) is 14.7 Å². The molecule has 108 valence electrons. The summed E-state index contributed by atoms with van der Waals surface area (Å²) in [7, 11) is 3.99. The molecule has 19 heavy (non-hydrogen) atoms. The average Bonchev–Trinajstić information content (AvgIpc) is 2.56. The lowest BCUT2D eigenvalue weighted by molar-refractivity contribution is -0.130. The van der Waals surface area contributed by atoms with Crippen molar-refractivity contribution in [3.05, 3.63) is 12.2 Å². The molecule has 2 amide bonds. The molecule has 1 rings (SSSR count). The second kappa shape index (κ2) is 7.94. The Balaban J connectivity index is 2.48. The van der Waals surface area contributed by atoms with Gasteiger partial charge in [0.25, 0.3) is 0 Å². The molecule has 5 nitrogen and oxygen atoms in total. The van der Waals surface area contributed by atoms with E-state index < -0.39 is 0 Å². The van der Waals surface area contributed by atoms with Crippen LogP contribution in [-0.4, -0.2) is 73.3 Å². The Morgan fingerprint density at radius 2 is 2.05 bits per heavy atom. The summed E-state index contributed by atoms with van der Waals surface area (Å²) >= 11 is 0. The molecular weight excluding hydrogens is 242 g/mol. The highest BCUT2D eigenvalue weighted by Crippen LogP contribution is 2.06. The maximum absolute atomic E-state index is 12.0. The topological polar surface area (TPSA) is 43.9 Å². The van der Waals surface area contributed by atoms with E-state index in [1.54, 1.807) is 4.90 Å². The zero-order valence-corrected chi connectivity index (χ0v) is 12.3. The van der Waals surface area contributed by atoms with Crippen LogP contribution < -0.4 is 0 Å². The maximum Gasteiger partial charge on any atom is 0.226 e. The van der Waals surface area contributed by atoms with Crippen LogP contribution in [0.4, 0.5) is 0 Å². The molecular formula is C14H25N3O2. The highest BCUT2D eigenvalue weighted by Gasteiger charge is 2.22. The van der Waals surface area contributed by atoms with Crippen molar-refractivity contribution in [3.63, 3.8) is 0 Å². The monoisotopic (exact) mass is 267 g/mol. The first kappa shape index (κ1) is 15.7. The van der Waals surface area contributed by atoms with E-state index in [2.05, 4.69) is 4.90 Å². The summed E-state index contributed by atoms with van der Waals surface area (Å²) in [6.07, 6.45) is 4.61. The minimum atomic E-state index is 0.111. The van der Waals surface area contributed by atoms with Crippen molar-refractivity contribution in [2.75, 3.05) is 46.8 Å². The van der Waals surface area contributed by atoms with Crippen LogP contribution in [0.2, 0.25) is 0 Å². The van der Waals surface area contributed by atoms with E-state index in [4.69, 9.17) is 0 Å². The zero-order chi connectivity index (χ0) is 14.3. The van der Waals surface area contributed by atoms with Gasteiger partial charge in [0.15, 0.2) is 0 Å². The third-order valence-corrected chi connectivity index (χ3v) is 3.29. The Hall–Kier alpha value is -1.36. The average molecular weight is 267 g/mol. The minimum Gasteiger partial charge on any atom is -0.340 e. The largest absolute Gasteiger partial charge is 0.340 e. The third kappa shape index (κ3) is 5.42. The normalized spacial score (nSPS) is 17.4. The van der Waals surface area contributed by atoms with E-state index in [1.165, 1.54) is 0 Å². The molecule has 0 unspecified atom stereocenters. The molecule has 0 aromatic heterocycles. The molecule has 0 aromatic rings. The Bertz CT molecular complexity index is 340. The first-order valence-corrected chi connectivity index (χ1v) is 6.86. The van der Waals surface area contributed by atoms with Crippen molar-refractivity contribution in [1.29, 1.82) is 0 Å². The van der Waals surface area contributed by atoms with Crippen LogP contribution in [0.25, 0.3) is 0 Å². The van der Waals surface area contributed by atoms with Gasteiger partial charge in [-0.25, -0.2) is 0 Å². The number of likely N-dealkylation sites (N-methyl/N-ethyl adjacent to an activating group) is 1. The molecule has 0 aromatic carbocycles. The van der Waals surface area contributed by atoms with Gasteiger partial charge in [0.05, 0.1) is 0 Å². The number of nitrogens with zero attached hydrogens (tertiary/aromatic N) is 3. The second-order valence-electron chi connectivity index (χ2n) is 5.09. The Morgan fingerprint density at radius 1 is 1.32 bits per heavy atom. The molecule has 0 bridgehead atoms. The number of hydrogen-bond acceptors (Lipinski definition) is 3. The Morgan fingerprint density at radius 3 is 2.68 bits per heavy atom. The molecule has 1 aliphatic rings. The van der Waals surface area contributed by atoms with Crippen LogP contribution in [0, 0.1) is 0 Å². The summed E-state index contributed by atoms with van der Waals surface area (Å²) in [4.78, 5) is 29.6. The van der Waals surface area contributed by atoms with Gasteiger partial charge in [-0.05, 0) is 21.0 Å². The lowest BCUT2D eigenvalue weighted by Gasteiger charge is -2.23. The summed E-state index contributed by atoms with van der Waals surface area (Å²) in [5.41, 5.74) is 0. The van der Waals surface area contributed by atoms with Crippen LogP contribution in [0.15, 0.2) is 12.2 Å². The summed E-state index contributed by atoms with van der Waals surface area (Å²) < 4.78 is 0. The summed E-state index contributed by atoms with van der Waals surface area (Å²) in [5, 5.41) is 0. The van der Waals surface area contributed by atoms with Gasteiger partial charge in [-0.3, -0.25) is 9.59 Å². The fourth-order valence-corrected chi connectivity index (χ4v) is 2.02. The molecule has 1 fully saturated rings. The predicted octanol–water partition coefficient (Wildman–Crippen LogP) is 0.575. The van der Waals surface area contributed by atoms with E-state index in [1.807, 2.05) is 38.1 Å². The molecule has 0 N–H and O–H groups in total. The smallest absolute Gasteiger partial charge is 0.226 e. The molecule has 0 atom stereocenters. The number of carbonyl (C=O) groups excluding carboxylic acids is 2. The fraction of sp³-hybridized carbons (Fsp3) is 0.714. The summed E-state index contributed by atoms with van der Waals surface area (Å²) in [6, 6.07) is 0. The van der Waals surface area contributed by atoms with E-state index in [-0.39, 0.29) is 11.8 Å². The maximum atomic E-state index is 12.0. The standard InChI is InChI=1S/C14H25N3O2/c1-4-5-6-13(18)16-8-7-14(19)17(12-11-16)10-9-15(2)3/h4-5H,6-12H2,1-3H3/b5-4+. The quantitative estimate of drug-likeness (QED) is 0.684. The summed E-state index contributed by atoms with van der Waals surface area (Å²) in [5.74, 6) is 0.267. The third-order valence-electron chi connectivity index (χ3n) is 3.29. The van der Waals surface area contributed by atoms with Gasteiger partial charge in [-0.1, -0.05) is 12.2 Å². The first-order valence-electron chi connectivity index (χ1n) is 6.86. The van der Waals surface area contributed by atoms with Crippen LogP contribution in [-0.2, 0) is 9.59 Å². The molecule has 0 saturated carbocycles. The van der Waals surface area contributed by atoms with Crippen LogP contribution in [0.5, 0.6) is 0 Å². The molecule has 5 heteroatoms. The SMILES string of the molecule is C/C=C/CC(=O)N1CCC(=O)N(CCN(C)C)CC1. The first-order chi connectivity index (χ1) is 9.04. The minimum absolute atomic E-state index is 0.111. The summed E-state index contributed by atoms with van der Waals surface area (Å²) in [6.45, 7) is 5.35. The van der Waals surface area contributed by atoms with Crippen molar-refractivity contribution >= 4 is 11.8 Å². The highest BCUT2D eigenvalue weighted by atomic mass is 16.2. The van der Waals surface area contributed by atoms with E-state index >= 15 is 0 Å². The van der Waals surface area contributed by atoms with Crippen LogP contribution >= 0.6 is 0 Å². The number of allylic oxidation sites excluding steroid dienone is 1. The van der Waals surface area contributed by atoms with E-state index in [0.717, 1.165) is 13.1 Å². The van der Waals surface area contributed by atoms with E-state index in [9.17, 15) is 9.59 Å². The Kier molecular flexibility index (Phi) is 6.56. The van der Waals surface area contributed by atoms with Gasteiger partial charge >= 0.3 is 0 Å². The lowest BCUT2D eigenvalue weighted by Crippen LogP contribution is -2.38. The Labute approximate surface area is 115 Å². The van der Waals surface area contributed by atoms with Gasteiger partial charge in [0, 0.05) is 45.6 Å². The molecule has 0 aliphatic carbocycles. The zero-order valence-electron chi connectivity index (χ0n) is 12.3. The highest BCUT2D eigenvalue weighted by molar-refractivity contribution is 5.81. The molecule has 0 radical (unpaired) electrons. The van der Waals surface area contributed by atoms with Crippen molar-refractivity contribution in [2.24, 2.45) is 0 Å². The van der Waals surface area contributed by atoms with Crippen molar-refractivity contribution < 1.29 is 9.59 Å². The molecule has 0 spiro atoms. The predicted molar refractivity (Wildman–Crippen MR) is 75.8 cm³/mol. The number of hydrogen-bond donors (Lipinski definition) is 0. The van der Waals surface area contributed by atoms with E-state index in [0.29, 0.717) is 32.5 Å². The number of rotatable bonds is 5.